The fraction of sp³-hybridized carbons (Fsp3) is 0.154. The number of benzene rings is 1. The number of hydrogen-bond donors (Lipinski definition) is 0. The van der Waals surface area contributed by atoms with E-state index in [1.165, 1.54) is 18.5 Å². The second-order valence-electron chi connectivity index (χ2n) is 3.68. The third-order valence-electron chi connectivity index (χ3n) is 2.37. The molecule has 4 heteroatoms. The molecule has 2 aromatic rings. The molecule has 2 rings (SSSR count). The third-order valence-corrected chi connectivity index (χ3v) is 2.37. The van der Waals surface area contributed by atoms with Crippen LogP contribution in [0.25, 0.3) is 11.1 Å². The van der Waals surface area contributed by atoms with Crippen LogP contribution in [0, 0.1) is 13.0 Å². The van der Waals surface area contributed by atoms with Crippen LogP contribution in [0.4, 0.5) is 13.2 Å². The van der Waals surface area contributed by atoms with Crippen molar-refractivity contribution in [1.29, 1.82) is 0 Å². The predicted octanol–water partition coefficient (Wildman–Crippen LogP) is 3.88. The summed E-state index contributed by atoms with van der Waals surface area (Å²) in [5.41, 5.74) is 0.360. The van der Waals surface area contributed by atoms with Gasteiger partial charge in [-0.15, -0.1) is 0 Å². The van der Waals surface area contributed by atoms with E-state index in [-0.39, 0.29) is 5.56 Å². The molecule has 0 amide bonds. The molecule has 0 fully saturated rings. The summed E-state index contributed by atoms with van der Waals surface area (Å²) in [7, 11) is 0. The summed E-state index contributed by atoms with van der Waals surface area (Å²) in [5.74, 6) is 0. The summed E-state index contributed by atoms with van der Waals surface area (Å²) in [4.78, 5) is 3.83. The number of pyridine rings is 1. The Hall–Kier alpha value is -1.84. The second kappa shape index (κ2) is 4.20. The molecule has 0 N–H and O–H groups in total. The fourth-order valence-corrected chi connectivity index (χ4v) is 1.60. The van der Waals surface area contributed by atoms with Crippen molar-refractivity contribution in [2.45, 2.75) is 13.1 Å². The molecule has 1 radical (unpaired) electrons. The van der Waals surface area contributed by atoms with E-state index in [2.05, 4.69) is 11.1 Å². The average molecular weight is 236 g/mol. The lowest BCUT2D eigenvalue weighted by atomic mass is 9.99. The van der Waals surface area contributed by atoms with Crippen molar-refractivity contribution < 1.29 is 13.2 Å². The van der Waals surface area contributed by atoms with Crippen molar-refractivity contribution in [3.8, 4) is 11.1 Å². The first-order valence-electron chi connectivity index (χ1n) is 4.98. The molecule has 0 bridgehead atoms. The van der Waals surface area contributed by atoms with Crippen molar-refractivity contribution in [3.05, 3.63) is 53.9 Å². The molecule has 1 nitrogen and oxygen atoms in total. The summed E-state index contributed by atoms with van der Waals surface area (Å²) < 4.78 is 38.6. The smallest absolute Gasteiger partial charge is 0.264 e. The molecule has 0 atom stereocenters. The van der Waals surface area contributed by atoms with Gasteiger partial charge in [-0.3, -0.25) is 4.98 Å². The highest BCUT2D eigenvalue weighted by atomic mass is 19.4. The minimum absolute atomic E-state index is 0.108. The zero-order valence-corrected chi connectivity index (χ0v) is 9.05. The number of alkyl halides is 3. The number of rotatable bonds is 1. The van der Waals surface area contributed by atoms with Gasteiger partial charge in [0.25, 0.3) is 0 Å². The van der Waals surface area contributed by atoms with E-state index in [1.807, 2.05) is 0 Å². The monoisotopic (exact) mass is 236 g/mol. The van der Waals surface area contributed by atoms with E-state index in [1.54, 1.807) is 19.1 Å². The summed E-state index contributed by atoms with van der Waals surface area (Å²) in [5, 5.41) is 0. The fourth-order valence-electron chi connectivity index (χ4n) is 1.60. The molecule has 0 aliphatic carbocycles. The summed E-state index contributed by atoms with van der Waals surface area (Å²) in [6.07, 6.45) is -1.44. The first-order chi connectivity index (χ1) is 7.98. The summed E-state index contributed by atoms with van der Waals surface area (Å²) >= 11 is 0. The SMILES string of the molecule is Cc1[c]cc(-c2cccnc2)c(C(F)(F)F)c1. The van der Waals surface area contributed by atoms with Crippen LogP contribution in [-0.4, -0.2) is 4.98 Å². The molecule has 0 saturated heterocycles. The molecular formula is C13H9F3N. The maximum Gasteiger partial charge on any atom is 0.417 e. The minimum Gasteiger partial charge on any atom is -0.264 e. The topological polar surface area (TPSA) is 12.9 Å². The summed E-state index contributed by atoms with van der Waals surface area (Å²) in [6.45, 7) is 1.59. The summed E-state index contributed by atoms with van der Waals surface area (Å²) in [6, 6.07) is 8.44. The first kappa shape index (κ1) is 11.6. The molecule has 0 spiro atoms. The van der Waals surface area contributed by atoms with Crippen LogP contribution in [0.1, 0.15) is 11.1 Å². The lowest BCUT2D eigenvalue weighted by molar-refractivity contribution is -0.137. The highest BCUT2D eigenvalue weighted by molar-refractivity contribution is 5.67. The van der Waals surface area contributed by atoms with Gasteiger partial charge in [0.15, 0.2) is 0 Å². The van der Waals surface area contributed by atoms with Crippen LogP contribution >= 0.6 is 0 Å². The maximum absolute atomic E-state index is 12.9. The van der Waals surface area contributed by atoms with Gasteiger partial charge in [0, 0.05) is 18.0 Å². The van der Waals surface area contributed by atoms with Gasteiger partial charge in [-0.1, -0.05) is 6.07 Å². The van der Waals surface area contributed by atoms with Crippen molar-refractivity contribution in [1.82, 2.24) is 4.98 Å². The molecular weight excluding hydrogens is 227 g/mol. The van der Waals surface area contributed by atoms with Crippen LogP contribution in [0.2, 0.25) is 0 Å². The number of halogens is 3. The zero-order valence-electron chi connectivity index (χ0n) is 9.05. The Morgan fingerprint density at radius 3 is 2.65 bits per heavy atom. The Morgan fingerprint density at radius 1 is 1.29 bits per heavy atom. The number of hydrogen-bond acceptors (Lipinski definition) is 1. The molecule has 0 unspecified atom stereocenters. The third kappa shape index (κ3) is 2.46. The minimum atomic E-state index is -4.37. The van der Waals surface area contributed by atoms with Gasteiger partial charge in [0.1, 0.15) is 0 Å². The van der Waals surface area contributed by atoms with E-state index < -0.39 is 11.7 Å². The maximum atomic E-state index is 12.9. The van der Waals surface area contributed by atoms with Crippen LogP contribution < -0.4 is 0 Å². The molecule has 0 aliphatic heterocycles. The van der Waals surface area contributed by atoms with E-state index in [0.717, 1.165) is 6.07 Å². The van der Waals surface area contributed by atoms with Crippen molar-refractivity contribution in [3.63, 3.8) is 0 Å². The molecule has 1 heterocycles. The molecule has 1 aromatic heterocycles. The molecule has 87 valence electrons. The first-order valence-corrected chi connectivity index (χ1v) is 4.98. The van der Waals surface area contributed by atoms with Crippen LogP contribution in [0.3, 0.4) is 0 Å². The van der Waals surface area contributed by atoms with Crippen molar-refractivity contribution >= 4 is 0 Å². The van der Waals surface area contributed by atoms with Gasteiger partial charge in [-0.05, 0) is 42.3 Å². The standard InChI is InChI=1S/C13H9F3N/c1-9-4-5-11(10-3-2-6-17-8-10)12(7-9)13(14,15)16/h2-3,5-8H,1H3. The molecule has 0 aliphatic rings. The Bertz CT molecular complexity index is 518. The molecule has 0 saturated carbocycles. The van der Waals surface area contributed by atoms with Gasteiger partial charge in [0.2, 0.25) is 0 Å². The van der Waals surface area contributed by atoms with Crippen molar-refractivity contribution in [2.75, 3.05) is 0 Å². The Balaban J connectivity index is 2.63. The number of aromatic nitrogens is 1. The van der Waals surface area contributed by atoms with Gasteiger partial charge in [-0.25, -0.2) is 0 Å². The Labute approximate surface area is 96.9 Å². The van der Waals surface area contributed by atoms with E-state index in [0.29, 0.717) is 11.1 Å². The highest BCUT2D eigenvalue weighted by Gasteiger charge is 2.33. The second-order valence-corrected chi connectivity index (χ2v) is 3.68. The number of nitrogens with zero attached hydrogens (tertiary/aromatic N) is 1. The lowest BCUT2D eigenvalue weighted by Gasteiger charge is -2.13. The number of aryl methyl sites for hydroxylation is 1. The van der Waals surface area contributed by atoms with Gasteiger partial charge in [0.05, 0.1) is 5.56 Å². The molecule has 1 aromatic carbocycles. The Morgan fingerprint density at radius 2 is 2.06 bits per heavy atom. The largest absolute Gasteiger partial charge is 0.417 e. The van der Waals surface area contributed by atoms with E-state index in [9.17, 15) is 13.2 Å². The van der Waals surface area contributed by atoms with Gasteiger partial charge in [-0.2, -0.15) is 13.2 Å². The Kier molecular flexibility index (Phi) is 2.88. The molecule has 17 heavy (non-hydrogen) atoms. The normalized spacial score (nSPS) is 11.5. The van der Waals surface area contributed by atoms with Gasteiger partial charge < -0.3 is 0 Å². The van der Waals surface area contributed by atoms with Crippen LogP contribution in [0.15, 0.2) is 36.7 Å². The predicted molar refractivity (Wildman–Crippen MR) is 58.2 cm³/mol. The van der Waals surface area contributed by atoms with Crippen LogP contribution in [-0.2, 0) is 6.18 Å². The van der Waals surface area contributed by atoms with E-state index in [4.69, 9.17) is 0 Å². The highest BCUT2D eigenvalue weighted by Crippen LogP contribution is 2.37. The van der Waals surface area contributed by atoms with Crippen molar-refractivity contribution in [2.24, 2.45) is 0 Å². The quantitative estimate of drug-likeness (QED) is 0.732. The average Bonchev–Trinajstić information content (AvgIpc) is 2.29. The van der Waals surface area contributed by atoms with Crippen LogP contribution in [0.5, 0.6) is 0 Å². The van der Waals surface area contributed by atoms with Gasteiger partial charge >= 0.3 is 6.18 Å². The lowest BCUT2D eigenvalue weighted by Crippen LogP contribution is -2.07. The van der Waals surface area contributed by atoms with E-state index >= 15 is 0 Å². The zero-order chi connectivity index (χ0) is 12.5.